The molecule has 0 aliphatic carbocycles. The van der Waals surface area contributed by atoms with Crippen LogP contribution in [-0.2, 0) is 14.8 Å². The van der Waals surface area contributed by atoms with Gasteiger partial charge in [0.1, 0.15) is 6.33 Å². The number of nitrogens with zero attached hydrogens (tertiary/aromatic N) is 4. The molecule has 0 aliphatic heterocycles. The number of hydrazine groups is 1. The summed E-state index contributed by atoms with van der Waals surface area (Å²) in [5.74, 6) is -2.07. The van der Waals surface area contributed by atoms with Gasteiger partial charge in [0.05, 0.1) is 16.4 Å². The van der Waals surface area contributed by atoms with E-state index in [9.17, 15) is 28.1 Å². The van der Waals surface area contributed by atoms with Crippen molar-refractivity contribution in [2.24, 2.45) is 0 Å². The average Bonchev–Trinajstić information content (AvgIpc) is 2.76. The van der Waals surface area contributed by atoms with Gasteiger partial charge in [0.2, 0.25) is 21.7 Å². The smallest absolute Gasteiger partial charge is 0.354 e. The zero-order valence-electron chi connectivity index (χ0n) is 17.2. The van der Waals surface area contributed by atoms with Crippen LogP contribution in [0.1, 0.15) is 24.2 Å². The SMILES string of the molecule is CCN(CC)S(=O)(=O)c1ccc(C(=O)NCC(=O)NNc2ncnc(N)c2[N+](=O)[O-])cc1. The monoisotopic (exact) mass is 466 g/mol. The van der Waals surface area contributed by atoms with Crippen LogP contribution >= 0.6 is 0 Å². The second-order valence-corrected chi connectivity index (χ2v) is 8.12. The van der Waals surface area contributed by atoms with E-state index in [0.29, 0.717) is 13.1 Å². The highest BCUT2D eigenvalue weighted by molar-refractivity contribution is 7.89. The van der Waals surface area contributed by atoms with Gasteiger partial charge in [-0.05, 0) is 24.3 Å². The highest BCUT2D eigenvalue weighted by Gasteiger charge is 2.22. The summed E-state index contributed by atoms with van der Waals surface area (Å²) >= 11 is 0. The Labute approximate surface area is 183 Å². The molecule has 2 rings (SSSR count). The van der Waals surface area contributed by atoms with Crippen molar-refractivity contribution in [3.8, 4) is 0 Å². The maximum absolute atomic E-state index is 12.5. The molecule has 0 spiro atoms. The molecule has 5 N–H and O–H groups in total. The number of hydrogen-bond acceptors (Lipinski definition) is 10. The number of rotatable bonds is 10. The molecule has 2 aromatic rings. The fourth-order valence-electron chi connectivity index (χ4n) is 2.59. The van der Waals surface area contributed by atoms with E-state index in [2.05, 4.69) is 26.1 Å². The zero-order chi connectivity index (χ0) is 23.9. The van der Waals surface area contributed by atoms with Gasteiger partial charge in [-0.15, -0.1) is 0 Å². The highest BCUT2D eigenvalue weighted by atomic mass is 32.2. The van der Waals surface area contributed by atoms with Gasteiger partial charge >= 0.3 is 5.69 Å². The van der Waals surface area contributed by atoms with Crippen LogP contribution in [0.25, 0.3) is 0 Å². The first kappa shape index (κ1) is 24.4. The van der Waals surface area contributed by atoms with Crippen molar-refractivity contribution >= 4 is 39.2 Å². The number of amides is 2. The molecule has 172 valence electrons. The third kappa shape index (κ3) is 5.64. The predicted octanol–water partition coefficient (Wildman–Crippen LogP) is -0.129. The standard InChI is InChI=1S/C17H22N8O6S/c1-3-24(4-2)32(30,31)12-7-5-11(6-8-12)17(27)19-9-13(26)22-23-16-14(25(28)29)15(18)20-10-21-16/h5-8,10H,3-4,9H2,1-2H3,(H,19,27)(H,22,26)(H3,18,20,21,23). The molecule has 0 radical (unpaired) electrons. The Morgan fingerprint density at radius 3 is 2.34 bits per heavy atom. The Balaban J connectivity index is 1.95. The van der Waals surface area contributed by atoms with Gasteiger partial charge < -0.3 is 11.1 Å². The first-order valence-corrected chi connectivity index (χ1v) is 10.7. The Morgan fingerprint density at radius 2 is 1.78 bits per heavy atom. The van der Waals surface area contributed by atoms with Crippen LogP contribution in [-0.4, -0.2) is 59.1 Å². The summed E-state index contributed by atoms with van der Waals surface area (Å²) in [4.78, 5) is 41.5. The quantitative estimate of drug-likeness (QED) is 0.270. The van der Waals surface area contributed by atoms with Crippen molar-refractivity contribution in [2.45, 2.75) is 18.7 Å². The molecule has 1 heterocycles. The topological polar surface area (TPSA) is 203 Å². The predicted molar refractivity (Wildman–Crippen MR) is 114 cm³/mol. The van der Waals surface area contributed by atoms with E-state index < -0.39 is 39.0 Å². The van der Waals surface area contributed by atoms with E-state index >= 15 is 0 Å². The summed E-state index contributed by atoms with van der Waals surface area (Å²) in [5, 5.41) is 13.4. The summed E-state index contributed by atoms with van der Waals surface area (Å²) in [6.07, 6.45) is 0.975. The third-order valence-electron chi connectivity index (χ3n) is 4.22. The number of benzene rings is 1. The highest BCUT2D eigenvalue weighted by Crippen LogP contribution is 2.25. The molecule has 0 atom stereocenters. The van der Waals surface area contributed by atoms with Gasteiger partial charge in [-0.3, -0.25) is 30.6 Å². The number of hydrogen-bond donors (Lipinski definition) is 4. The molecule has 0 fully saturated rings. The van der Waals surface area contributed by atoms with Crippen LogP contribution in [0.15, 0.2) is 35.5 Å². The van der Waals surface area contributed by atoms with Crippen LogP contribution in [0.4, 0.5) is 17.3 Å². The molecule has 15 heteroatoms. The zero-order valence-corrected chi connectivity index (χ0v) is 18.0. The minimum Gasteiger partial charge on any atom is -0.378 e. The lowest BCUT2D eigenvalue weighted by Crippen LogP contribution is -2.39. The molecule has 2 amide bonds. The van der Waals surface area contributed by atoms with Crippen LogP contribution in [0.2, 0.25) is 0 Å². The number of nitrogens with two attached hydrogens (primary N) is 1. The third-order valence-corrected chi connectivity index (χ3v) is 6.29. The lowest BCUT2D eigenvalue weighted by molar-refractivity contribution is -0.383. The summed E-state index contributed by atoms with van der Waals surface area (Å²) in [7, 11) is -3.65. The molecule has 1 aromatic carbocycles. The Bertz CT molecular complexity index is 1100. The number of nitrogen functional groups attached to an aromatic ring is 1. The van der Waals surface area contributed by atoms with E-state index in [4.69, 9.17) is 5.73 Å². The fraction of sp³-hybridized carbons (Fsp3) is 0.294. The number of nitrogens with one attached hydrogen (secondary N) is 3. The van der Waals surface area contributed by atoms with E-state index in [1.807, 2.05) is 0 Å². The van der Waals surface area contributed by atoms with Crippen LogP contribution in [0.5, 0.6) is 0 Å². The molecular weight excluding hydrogens is 444 g/mol. The van der Waals surface area contributed by atoms with Crippen molar-refractivity contribution < 1.29 is 22.9 Å². The number of anilines is 2. The van der Waals surface area contributed by atoms with Gasteiger partial charge in [-0.1, -0.05) is 13.8 Å². The van der Waals surface area contributed by atoms with Gasteiger partial charge in [-0.2, -0.15) is 4.31 Å². The Hall–Kier alpha value is -3.85. The van der Waals surface area contributed by atoms with Crippen LogP contribution in [0, 0.1) is 10.1 Å². The lowest BCUT2D eigenvalue weighted by Gasteiger charge is -2.18. The average molecular weight is 466 g/mol. The molecule has 14 nitrogen and oxygen atoms in total. The summed E-state index contributed by atoms with van der Waals surface area (Å²) < 4.78 is 26.2. The van der Waals surface area contributed by atoms with Crippen molar-refractivity contribution in [3.63, 3.8) is 0 Å². The van der Waals surface area contributed by atoms with Crippen molar-refractivity contribution in [1.29, 1.82) is 0 Å². The largest absolute Gasteiger partial charge is 0.378 e. The molecular formula is C17H22N8O6S. The molecule has 0 bridgehead atoms. The van der Waals surface area contributed by atoms with E-state index in [0.717, 1.165) is 6.33 Å². The Morgan fingerprint density at radius 1 is 1.16 bits per heavy atom. The van der Waals surface area contributed by atoms with E-state index in [1.54, 1.807) is 13.8 Å². The number of aromatic nitrogens is 2. The van der Waals surface area contributed by atoms with Gasteiger partial charge in [0.25, 0.3) is 11.8 Å². The van der Waals surface area contributed by atoms with Crippen LogP contribution < -0.4 is 21.9 Å². The minimum absolute atomic E-state index is 0.0467. The molecule has 0 saturated heterocycles. The number of sulfonamides is 1. The number of nitro groups is 1. The molecule has 0 unspecified atom stereocenters. The molecule has 1 aromatic heterocycles. The fourth-order valence-corrected chi connectivity index (χ4v) is 4.05. The number of carbonyl (C=O) groups is 2. The first-order valence-electron chi connectivity index (χ1n) is 9.29. The van der Waals surface area contributed by atoms with Gasteiger partial charge in [0.15, 0.2) is 0 Å². The van der Waals surface area contributed by atoms with Crippen molar-refractivity contribution in [2.75, 3.05) is 30.8 Å². The maximum atomic E-state index is 12.5. The van der Waals surface area contributed by atoms with Crippen molar-refractivity contribution in [3.05, 3.63) is 46.3 Å². The lowest BCUT2D eigenvalue weighted by atomic mass is 10.2. The minimum atomic E-state index is -3.65. The Kier molecular flexibility index (Phi) is 7.97. The summed E-state index contributed by atoms with van der Waals surface area (Å²) in [5.41, 5.74) is 9.34. The first-order chi connectivity index (χ1) is 15.1. The second kappa shape index (κ2) is 10.5. The molecule has 0 aliphatic rings. The summed E-state index contributed by atoms with van der Waals surface area (Å²) in [6, 6.07) is 5.27. The molecule has 0 saturated carbocycles. The van der Waals surface area contributed by atoms with Gasteiger partial charge in [-0.25, -0.2) is 18.4 Å². The second-order valence-electron chi connectivity index (χ2n) is 6.18. The normalized spacial score (nSPS) is 11.1. The van der Waals surface area contributed by atoms with E-state index in [-0.39, 0.29) is 22.1 Å². The molecule has 32 heavy (non-hydrogen) atoms. The van der Waals surface area contributed by atoms with Crippen molar-refractivity contribution in [1.82, 2.24) is 25.0 Å². The number of carbonyl (C=O) groups excluding carboxylic acids is 2. The van der Waals surface area contributed by atoms with Crippen LogP contribution in [0.3, 0.4) is 0 Å². The maximum Gasteiger partial charge on any atom is 0.354 e. The van der Waals surface area contributed by atoms with Gasteiger partial charge in [0, 0.05) is 18.7 Å². The van der Waals surface area contributed by atoms with E-state index in [1.165, 1.54) is 28.6 Å². The summed E-state index contributed by atoms with van der Waals surface area (Å²) in [6.45, 7) is 3.60.